The van der Waals surface area contributed by atoms with Gasteiger partial charge in [0.15, 0.2) is 0 Å². The molecule has 6 rings (SSSR count). The van der Waals surface area contributed by atoms with Crippen LogP contribution in [0, 0.1) is 17.8 Å². The Bertz CT molecular complexity index is 705. The van der Waals surface area contributed by atoms with Crippen LogP contribution in [0.25, 0.3) is 0 Å². The van der Waals surface area contributed by atoms with Crippen molar-refractivity contribution >= 4 is 17.6 Å². The number of benzene rings is 1. The molecule has 1 aromatic rings. The Morgan fingerprint density at radius 3 is 2.40 bits per heavy atom. The molecule has 1 heterocycles. The van der Waals surface area contributed by atoms with E-state index in [1.165, 1.54) is 0 Å². The van der Waals surface area contributed by atoms with E-state index in [4.69, 9.17) is 11.6 Å². The highest BCUT2D eigenvalue weighted by molar-refractivity contribution is 6.30. The van der Waals surface area contributed by atoms with Gasteiger partial charge < -0.3 is 15.3 Å². The molecule has 5 fully saturated rings. The number of hydrogen-bond acceptors (Lipinski definition) is 2. The van der Waals surface area contributed by atoms with Crippen LogP contribution in [0.15, 0.2) is 24.3 Å². The molecule has 2 amide bonds. The summed E-state index contributed by atoms with van der Waals surface area (Å²) in [6.07, 6.45) is 4.98. The second kappa shape index (κ2) is 5.14. The number of rotatable bonds is 2. The molecule has 1 saturated heterocycles. The van der Waals surface area contributed by atoms with Gasteiger partial charge in [0.2, 0.25) is 0 Å². The highest BCUT2D eigenvalue weighted by Crippen LogP contribution is 2.58. The van der Waals surface area contributed by atoms with Gasteiger partial charge in [-0.05, 0) is 74.5 Å². The zero-order valence-corrected chi connectivity index (χ0v) is 15.3. The van der Waals surface area contributed by atoms with Gasteiger partial charge in [-0.15, -0.1) is 0 Å². The number of hydrogen-bond donors (Lipinski definition) is 2. The third-order valence-corrected chi connectivity index (χ3v) is 7.54. The Hall–Kier alpha value is -1.26. The van der Waals surface area contributed by atoms with E-state index in [2.05, 4.69) is 17.1 Å². The number of urea groups is 1. The van der Waals surface area contributed by atoms with Gasteiger partial charge in [0.05, 0.1) is 11.1 Å². The lowest BCUT2D eigenvalue weighted by Gasteiger charge is -2.61. The Morgan fingerprint density at radius 1 is 1.16 bits per heavy atom. The quantitative estimate of drug-likeness (QED) is 0.847. The van der Waals surface area contributed by atoms with Gasteiger partial charge in [0.1, 0.15) is 0 Å². The van der Waals surface area contributed by atoms with Crippen molar-refractivity contribution in [1.29, 1.82) is 0 Å². The van der Waals surface area contributed by atoms with E-state index >= 15 is 0 Å². The molecule has 4 nitrogen and oxygen atoms in total. The first-order valence-electron chi connectivity index (χ1n) is 9.44. The molecule has 0 radical (unpaired) electrons. The molecule has 1 aliphatic heterocycles. The highest BCUT2D eigenvalue weighted by Gasteiger charge is 2.60. The van der Waals surface area contributed by atoms with Crippen molar-refractivity contribution in [3.05, 3.63) is 34.9 Å². The van der Waals surface area contributed by atoms with E-state index in [1.807, 2.05) is 24.3 Å². The first kappa shape index (κ1) is 16.0. The van der Waals surface area contributed by atoms with Gasteiger partial charge in [0, 0.05) is 17.6 Å². The van der Waals surface area contributed by atoms with Crippen LogP contribution >= 0.6 is 11.6 Å². The smallest absolute Gasteiger partial charge is 0.318 e. The molecule has 4 aliphatic carbocycles. The second-order valence-corrected chi connectivity index (χ2v) is 9.43. The normalized spacial score (nSPS) is 45.1. The number of aliphatic hydroxyl groups is 1. The Balaban J connectivity index is 1.53. The van der Waals surface area contributed by atoms with E-state index in [0.29, 0.717) is 29.3 Å². The maximum atomic E-state index is 12.9. The van der Waals surface area contributed by atoms with Crippen molar-refractivity contribution in [2.45, 2.75) is 56.2 Å². The van der Waals surface area contributed by atoms with Gasteiger partial charge in [0.25, 0.3) is 0 Å². The van der Waals surface area contributed by atoms with Gasteiger partial charge in [-0.2, -0.15) is 0 Å². The maximum absolute atomic E-state index is 12.9. The summed E-state index contributed by atoms with van der Waals surface area (Å²) in [6, 6.07) is 8.17. The van der Waals surface area contributed by atoms with Gasteiger partial charge in [-0.1, -0.05) is 23.7 Å². The second-order valence-electron chi connectivity index (χ2n) is 8.99. The molecule has 5 aliphatic rings. The van der Waals surface area contributed by atoms with E-state index in [1.54, 1.807) is 0 Å². The minimum atomic E-state index is -0.472. The molecular formula is C20H25ClN2O2. The number of amides is 2. The van der Waals surface area contributed by atoms with Crippen molar-refractivity contribution in [3.63, 3.8) is 0 Å². The predicted octanol–water partition coefficient (Wildman–Crippen LogP) is 3.52. The van der Waals surface area contributed by atoms with Crippen LogP contribution in [0.4, 0.5) is 4.79 Å². The SMILES string of the molecule is CC1(c2ccc(Cl)cc2)CNC(=O)N1C1C2CC3CC1CC(O)(C3)C2. The summed E-state index contributed by atoms with van der Waals surface area (Å²) >= 11 is 6.07. The molecule has 4 saturated carbocycles. The van der Waals surface area contributed by atoms with Crippen LogP contribution < -0.4 is 5.32 Å². The predicted molar refractivity (Wildman–Crippen MR) is 96.3 cm³/mol. The summed E-state index contributed by atoms with van der Waals surface area (Å²) in [4.78, 5) is 15.0. The first-order valence-corrected chi connectivity index (χ1v) is 9.81. The molecule has 0 spiro atoms. The van der Waals surface area contributed by atoms with Crippen LogP contribution in [0.2, 0.25) is 5.02 Å². The van der Waals surface area contributed by atoms with E-state index < -0.39 is 5.60 Å². The lowest BCUT2D eigenvalue weighted by molar-refractivity contribution is -0.160. The first-order chi connectivity index (χ1) is 11.9. The fourth-order valence-electron chi connectivity index (χ4n) is 6.53. The van der Waals surface area contributed by atoms with E-state index in [-0.39, 0.29) is 17.6 Å². The number of carbonyl (C=O) groups excluding carboxylic acids is 1. The summed E-state index contributed by atoms with van der Waals surface area (Å²) in [5.74, 6) is 1.49. The molecule has 25 heavy (non-hydrogen) atoms. The lowest BCUT2D eigenvalue weighted by Crippen LogP contribution is -2.64. The van der Waals surface area contributed by atoms with E-state index in [9.17, 15) is 9.90 Å². The number of nitrogens with zero attached hydrogens (tertiary/aromatic N) is 1. The summed E-state index contributed by atoms with van der Waals surface area (Å²) in [5.41, 5.74) is 0.298. The number of nitrogens with one attached hydrogen (secondary N) is 1. The molecular weight excluding hydrogens is 336 g/mol. The summed E-state index contributed by atoms with van der Waals surface area (Å²) in [5, 5.41) is 14.7. The van der Waals surface area contributed by atoms with Crippen molar-refractivity contribution in [2.24, 2.45) is 17.8 Å². The monoisotopic (exact) mass is 360 g/mol. The molecule has 4 bridgehead atoms. The summed E-state index contributed by atoms with van der Waals surface area (Å²) in [6.45, 7) is 2.78. The van der Waals surface area contributed by atoms with Crippen LogP contribution in [0.3, 0.4) is 0 Å². The van der Waals surface area contributed by atoms with Crippen LogP contribution in [-0.4, -0.2) is 34.2 Å². The Labute approximate surface area is 153 Å². The topological polar surface area (TPSA) is 52.6 Å². The van der Waals surface area contributed by atoms with Gasteiger partial charge in [-0.3, -0.25) is 0 Å². The minimum absolute atomic E-state index is 0.0434. The van der Waals surface area contributed by atoms with Crippen molar-refractivity contribution < 1.29 is 9.90 Å². The van der Waals surface area contributed by atoms with Gasteiger partial charge in [-0.25, -0.2) is 4.79 Å². The Kier molecular flexibility index (Phi) is 3.28. The third-order valence-electron chi connectivity index (χ3n) is 7.29. The average molecular weight is 361 g/mol. The van der Waals surface area contributed by atoms with Crippen LogP contribution in [0.1, 0.15) is 44.6 Å². The molecule has 134 valence electrons. The fourth-order valence-corrected chi connectivity index (χ4v) is 6.66. The van der Waals surface area contributed by atoms with Gasteiger partial charge >= 0.3 is 6.03 Å². The molecule has 3 atom stereocenters. The molecule has 3 unspecified atom stereocenters. The summed E-state index contributed by atoms with van der Waals surface area (Å²) in [7, 11) is 0. The molecule has 0 aromatic heterocycles. The largest absolute Gasteiger partial charge is 0.390 e. The zero-order valence-electron chi connectivity index (χ0n) is 14.5. The maximum Gasteiger partial charge on any atom is 0.318 e. The minimum Gasteiger partial charge on any atom is -0.390 e. The third kappa shape index (κ3) is 2.26. The van der Waals surface area contributed by atoms with Crippen LogP contribution in [0.5, 0.6) is 0 Å². The zero-order chi connectivity index (χ0) is 17.4. The van der Waals surface area contributed by atoms with Crippen molar-refractivity contribution in [2.75, 3.05) is 6.54 Å². The molecule has 2 N–H and O–H groups in total. The number of halogens is 1. The standard InChI is InChI=1S/C20H25ClN2O2/c1-19(15-2-4-16(21)5-3-15)11-22-18(24)23(19)17-13-6-12-7-14(17)10-20(25,8-12)9-13/h2-5,12-14,17,25H,6-11H2,1H3,(H,22,24). The number of carbonyl (C=O) groups is 1. The fraction of sp³-hybridized carbons (Fsp3) is 0.650. The lowest BCUT2D eigenvalue weighted by atomic mass is 9.51. The highest BCUT2D eigenvalue weighted by atomic mass is 35.5. The molecule has 1 aromatic carbocycles. The van der Waals surface area contributed by atoms with Crippen LogP contribution in [-0.2, 0) is 5.54 Å². The van der Waals surface area contributed by atoms with Crippen molar-refractivity contribution in [3.8, 4) is 0 Å². The molecule has 5 heteroatoms. The van der Waals surface area contributed by atoms with E-state index in [0.717, 1.165) is 37.7 Å². The summed E-state index contributed by atoms with van der Waals surface area (Å²) < 4.78 is 0. The Morgan fingerprint density at radius 2 is 1.80 bits per heavy atom. The van der Waals surface area contributed by atoms with Crippen molar-refractivity contribution in [1.82, 2.24) is 10.2 Å². The average Bonchev–Trinajstić information content (AvgIpc) is 2.83.